The van der Waals surface area contributed by atoms with E-state index in [2.05, 4.69) is 44.5 Å². The SMILES string of the molecule is CC#Cc1ccc(CNC(=O)c2cc(NC3CNC3)ccc2C)c2ccn(C)c12. The lowest BCUT2D eigenvalue weighted by molar-refractivity contribution is 0.0950. The number of amides is 1. The number of carbonyl (C=O) groups excluding carboxylic acids is 1. The van der Waals surface area contributed by atoms with Gasteiger partial charge in [-0.2, -0.15) is 0 Å². The maximum absolute atomic E-state index is 12.9. The largest absolute Gasteiger partial charge is 0.380 e. The van der Waals surface area contributed by atoms with Gasteiger partial charge in [0.05, 0.1) is 11.6 Å². The van der Waals surface area contributed by atoms with Gasteiger partial charge in [0.15, 0.2) is 0 Å². The van der Waals surface area contributed by atoms with Crippen LogP contribution in [0.2, 0.25) is 0 Å². The number of hydrogen-bond acceptors (Lipinski definition) is 3. The van der Waals surface area contributed by atoms with Crippen molar-refractivity contribution in [2.24, 2.45) is 7.05 Å². The van der Waals surface area contributed by atoms with E-state index in [1.165, 1.54) is 0 Å². The summed E-state index contributed by atoms with van der Waals surface area (Å²) in [6, 6.07) is 12.6. The molecular weight excluding hydrogens is 360 g/mol. The van der Waals surface area contributed by atoms with Crippen molar-refractivity contribution in [2.75, 3.05) is 18.4 Å². The van der Waals surface area contributed by atoms with Crippen LogP contribution in [-0.2, 0) is 13.6 Å². The van der Waals surface area contributed by atoms with Crippen LogP contribution in [0.25, 0.3) is 10.9 Å². The minimum atomic E-state index is -0.0561. The maximum Gasteiger partial charge on any atom is 0.251 e. The van der Waals surface area contributed by atoms with Gasteiger partial charge >= 0.3 is 0 Å². The Kier molecular flexibility index (Phi) is 5.28. The number of rotatable bonds is 5. The summed E-state index contributed by atoms with van der Waals surface area (Å²) in [4.78, 5) is 12.9. The second-order valence-electron chi connectivity index (χ2n) is 7.55. The quantitative estimate of drug-likeness (QED) is 0.591. The van der Waals surface area contributed by atoms with E-state index in [0.29, 0.717) is 18.2 Å². The molecule has 0 spiro atoms. The van der Waals surface area contributed by atoms with Crippen molar-refractivity contribution in [2.45, 2.75) is 26.4 Å². The van der Waals surface area contributed by atoms with Gasteiger partial charge in [0, 0.05) is 55.1 Å². The molecule has 0 bridgehead atoms. The summed E-state index contributed by atoms with van der Waals surface area (Å²) in [5.41, 5.74) is 5.86. The third kappa shape index (κ3) is 3.85. The fourth-order valence-electron chi connectivity index (χ4n) is 3.72. The van der Waals surface area contributed by atoms with Crippen LogP contribution >= 0.6 is 0 Å². The number of nitrogens with zero attached hydrogens (tertiary/aromatic N) is 1. The summed E-state index contributed by atoms with van der Waals surface area (Å²) in [6.07, 6.45) is 2.03. The second-order valence-corrected chi connectivity index (χ2v) is 7.55. The fourth-order valence-corrected chi connectivity index (χ4v) is 3.72. The molecular formula is C24H26N4O. The predicted octanol–water partition coefficient (Wildman–Crippen LogP) is 3.17. The smallest absolute Gasteiger partial charge is 0.251 e. The van der Waals surface area contributed by atoms with E-state index in [1.54, 1.807) is 0 Å². The third-order valence-corrected chi connectivity index (χ3v) is 5.46. The van der Waals surface area contributed by atoms with E-state index < -0.39 is 0 Å². The Labute approximate surface area is 171 Å². The minimum absolute atomic E-state index is 0.0561. The highest BCUT2D eigenvalue weighted by Gasteiger charge is 2.17. The van der Waals surface area contributed by atoms with Gasteiger partial charge in [-0.3, -0.25) is 4.79 Å². The number of fused-ring (bicyclic) bond motifs is 1. The van der Waals surface area contributed by atoms with Gasteiger partial charge < -0.3 is 20.5 Å². The Bertz CT molecular complexity index is 1130. The van der Waals surface area contributed by atoms with Crippen LogP contribution in [0.3, 0.4) is 0 Å². The molecule has 2 heterocycles. The van der Waals surface area contributed by atoms with Crippen molar-refractivity contribution >= 4 is 22.5 Å². The molecule has 148 valence electrons. The normalized spacial score (nSPS) is 13.5. The van der Waals surface area contributed by atoms with E-state index in [0.717, 1.165) is 46.4 Å². The number of aromatic nitrogens is 1. The predicted molar refractivity (Wildman–Crippen MR) is 118 cm³/mol. The molecule has 5 nitrogen and oxygen atoms in total. The number of anilines is 1. The molecule has 0 atom stereocenters. The molecule has 3 aromatic rings. The highest BCUT2D eigenvalue weighted by Crippen LogP contribution is 2.24. The van der Waals surface area contributed by atoms with Crippen molar-refractivity contribution in [3.05, 3.63) is 64.8 Å². The third-order valence-electron chi connectivity index (χ3n) is 5.46. The van der Waals surface area contributed by atoms with E-state index in [1.807, 2.05) is 51.4 Å². The van der Waals surface area contributed by atoms with Crippen molar-refractivity contribution in [1.82, 2.24) is 15.2 Å². The number of nitrogens with one attached hydrogen (secondary N) is 3. The van der Waals surface area contributed by atoms with E-state index in [-0.39, 0.29) is 5.91 Å². The van der Waals surface area contributed by atoms with Crippen LogP contribution in [0.1, 0.15) is 34.0 Å². The molecule has 5 heteroatoms. The first kappa shape index (κ1) is 19.1. The maximum atomic E-state index is 12.9. The average Bonchev–Trinajstić information content (AvgIpc) is 3.07. The molecule has 29 heavy (non-hydrogen) atoms. The van der Waals surface area contributed by atoms with Gasteiger partial charge in [-0.25, -0.2) is 0 Å². The zero-order valence-corrected chi connectivity index (χ0v) is 17.1. The first-order valence-corrected chi connectivity index (χ1v) is 9.92. The van der Waals surface area contributed by atoms with Gasteiger partial charge in [-0.1, -0.05) is 18.1 Å². The highest BCUT2D eigenvalue weighted by atomic mass is 16.1. The summed E-state index contributed by atoms with van der Waals surface area (Å²) in [5.74, 6) is 6.08. The fraction of sp³-hybridized carbons (Fsp3) is 0.292. The van der Waals surface area contributed by atoms with E-state index in [4.69, 9.17) is 0 Å². The van der Waals surface area contributed by atoms with Crippen LogP contribution in [0.4, 0.5) is 5.69 Å². The zero-order chi connectivity index (χ0) is 20.4. The lowest BCUT2D eigenvalue weighted by Crippen LogP contribution is -2.51. The molecule has 0 aliphatic carbocycles. The Morgan fingerprint density at radius 3 is 2.79 bits per heavy atom. The molecule has 0 radical (unpaired) electrons. The van der Waals surface area contributed by atoms with Gasteiger partial charge in [0.2, 0.25) is 0 Å². The van der Waals surface area contributed by atoms with Crippen molar-refractivity contribution in [3.63, 3.8) is 0 Å². The molecule has 1 aliphatic rings. The summed E-state index contributed by atoms with van der Waals surface area (Å²) in [5, 5.41) is 10.9. The molecule has 1 fully saturated rings. The molecule has 3 N–H and O–H groups in total. The van der Waals surface area contributed by atoms with Crippen LogP contribution < -0.4 is 16.0 Å². The zero-order valence-electron chi connectivity index (χ0n) is 17.1. The van der Waals surface area contributed by atoms with Crippen LogP contribution in [0.15, 0.2) is 42.6 Å². The molecule has 1 aliphatic heterocycles. The molecule has 4 rings (SSSR count). The summed E-state index contributed by atoms with van der Waals surface area (Å²) in [6.45, 7) is 6.21. The van der Waals surface area contributed by atoms with Crippen molar-refractivity contribution in [3.8, 4) is 11.8 Å². The Morgan fingerprint density at radius 1 is 1.24 bits per heavy atom. The van der Waals surface area contributed by atoms with Gasteiger partial charge in [0.25, 0.3) is 5.91 Å². The monoisotopic (exact) mass is 386 g/mol. The highest BCUT2D eigenvalue weighted by molar-refractivity contribution is 5.97. The molecule has 2 aromatic carbocycles. The molecule has 1 saturated heterocycles. The lowest BCUT2D eigenvalue weighted by atomic mass is 10.0. The topological polar surface area (TPSA) is 58.1 Å². The first-order valence-electron chi connectivity index (χ1n) is 9.92. The Hall–Kier alpha value is -3.23. The molecule has 1 amide bonds. The van der Waals surface area contributed by atoms with Crippen molar-refractivity contribution < 1.29 is 4.79 Å². The number of carbonyl (C=O) groups is 1. The standard InChI is InChI=1S/C24H26N4O/c1-4-5-17-7-8-18(21-10-11-28(3)23(17)21)13-26-24(29)22-12-19(9-6-16(22)2)27-20-14-25-15-20/h6-12,20,25,27H,13-15H2,1-3H3,(H,26,29). The molecule has 1 aromatic heterocycles. The summed E-state index contributed by atoms with van der Waals surface area (Å²) < 4.78 is 2.08. The van der Waals surface area contributed by atoms with E-state index >= 15 is 0 Å². The second kappa shape index (κ2) is 8.02. The Balaban J connectivity index is 1.53. The number of hydrogen-bond donors (Lipinski definition) is 3. The van der Waals surface area contributed by atoms with Gasteiger partial charge in [0.1, 0.15) is 0 Å². The first-order chi connectivity index (χ1) is 14.1. The molecule has 0 saturated carbocycles. The summed E-state index contributed by atoms with van der Waals surface area (Å²) >= 11 is 0. The van der Waals surface area contributed by atoms with Gasteiger partial charge in [-0.05, 0) is 49.2 Å². The number of benzene rings is 2. The van der Waals surface area contributed by atoms with Crippen molar-refractivity contribution in [1.29, 1.82) is 0 Å². The van der Waals surface area contributed by atoms with Crippen LogP contribution in [0.5, 0.6) is 0 Å². The van der Waals surface area contributed by atoms with Crippen LogP contribution in [0, 0.1) is 18.8 Å². The number of aryl methyl sites for hydroxylation is 2. The van der Waals surface area contributed by atoms with Gasteiger partial charge in [-0.15, -0.1) is 5.92 Å². The summed E-state index contributed by atoms with van der Waals surface area (Å²) in [7, 11) is 2.02. The average molecular weight is 386 g/mol. The lowest BCUT2D eigenvalue weighted by Gasteiger charge is -2.29. The van der Waals surface area contributed by atoms with E-state index in [9.17, 15) is 4.79 Å². The Morgan fingerprint density at radius 2 is 2.07 bits per heavy atom. The molecule has 0 unspecified atom stereocenters. The van der Waals surface area contributed by atoms with Crippen LogP contribution in [-0.4, -0.2) is 29.6 Å². The minimum Gasteiger partial charge on any atom is -0.380 e.